The second-order valence-corrected chi connectivity index (χ2v) is 5.68. The van der Waals surface area contributed by atoms with Crippen molar-refractivity contribution in [3.8, 4) is 0 Å². The Bertz CT molecular complexity index is 388. The summed E-state index contributed by atoms with van der Waals surface area (Å²) in [7, 11) is 1.90. The maximum Gasteiger partial charge on any atom is 0.263 e. The number of hydrogen-bond donors (Lipinski definition) is 1. The highest BCUT2D eigenvalue weighted by molar-refractivity contribution is 7.12. The molecule has 1 saturated heterocycles. The molecule has 1 atom stereocenters. The molecule has 1 aromatic heterocycles. The minimum Gasteiger partial charge on any atom is -0.339 e. The number of nitrogens with one attached hydrogen (secondary N) is 1. The number of halogens is 1. The maximum absolute atomic E-state index is 12.2. The van der Waals surface area contributed by atoms with Gasteiger partial charge in [0.2, 0.25) is 0 Å². The molecule has 3 nitrogen and oxygen atoms in total. The van der Waals surface area contributed by atoms with E-state index >= 15 is 0 Å². The van der Waals surface area contributed by atoms with Crippen LogP contribution in [0.1, 0.15) is 34.5 Å². The molecule has 2 heterocycles. The Labute approximate surface area is 119 Å². The van der Waals surface area contributed by atoms with Gasteiger partial charge in [-0.15, -0.1) is 23.7 Å². The fourth-order valence-electron chi connectivity index (χ4n) is 2.26. The molecule has 0 bridgehead atoms. The van der Waals surface area contributed by atoms with Gasteiger partial charge in [0.25, 0.3) is 5.91 Å². The number of rotatable bonds is 3. The molecule has 1 amide bonds. The summed E-state index contributed by atoms with van der Waals surface area (Å²) in [6.45, 7) is 3.90. The number of carbonyl (C=O) groups excluding carboxylic acids is 1. The lowest BCUT2D eigenvalue weighted by Gasteiger charge is -2.28. The zero-order valence-corrected chi connectivity index (χ0v) is 12.6. The molecule has 2 rings (SSSR count). The standard InChI is InChI=1S/C13H20N2OS.ClH/c1-10-6-8-17-12(10)13(16)15(2)9-11-5-3-4-7-14-11;/h6,8,11,14H,3-5,7,9H2,1-2H3;1H. The average Bonchev–Trinajstić information content (AvgIpc) is 2.76. The summed E-state index contributed by atoms with van der Waals surface area (Å²) in [6, 6.07) is 2.47. The van der Waals surface area contributed by atoms with Gasteiger partial charge in [-0.3, -0.25) is 4.79 Å². The molecule has 0 saturated carbocycles. The van der Waals surface area contributed by atoms with Gasteiger partial charge in [0.05, 0.1) is 4.88 Å². The van der Waals surface area contributed by atoms with E-state index in [1.54, 1.807) is 0 Å². The van der Waals surface area contributed by atoms with Crippen LogP contribution in [0.5, 0.6) is 0 Å². The van der Waals surface area contributed by atoms with Crippen molar-refractivity contribution in [2.45, 2.75) is 32.2 Å². The number of carbonyl (C=O) groups is 1. The van der Waals surface area contributed by atoms with Gasteiger partial charge >= 0.3 is 0 Å². The summed E-state index contributed by atoms with van der Waals surface area (Å²) in [4.78, 5) is 14.9. The predicted octanol–water partition coefficient (Wildman–Crippen LogP) is 2.69. The number of thiophene rings is 1. The molecule has 1 fully saturated rings. The number of aryl methyl sites for hydroxylation is 1. The van der Waals surface area contributed by atoms with Gasteiger partial charge in [-0.25, -0.2) is 0 Å². The third-order valence-corrected chi connectivity index (χ3v) is 4.31. The lowest BCUT2D eigenvalue weighted by Crippen LogP contribution is -2.44. The van der Waals surface area contributed by atoms with Gasteiger partial charge in [0.15, 0.2) is 0 Å². The average molecular weight is 289 g/mol. The van der Waals surface area contributed by atoms with Crippen LogP contribution in [-0.4, -0.2) is 37.0 Å². The predicted molar refractivity (Wildman–Crippen MR) is 78.9 cm³/mol. The largest absolute Gasteiger partial charge is 0.339 e. The van der Waals surface area contributed by atoms with Crippen molar-refractivity contribution < 1.29 is 4.79 Å². The number of likely N-dealkylation sites (N-methyl/N-ethyl adjacent to an activating group) is 1. The van der Waals surface area contributed by atoms with Crippen LogP contribution in [-0.2, 0) is 0 Å². The van der Waals surface area contributed by atoms with Crippen molar-refractivity contribution in [2.24, 2.45) is 0 Å². The van der Waals surface area contributed by atoms with Crippen molar-refractivity contribution in [1.29, 1.82) is 0 Å². The zero-order valence-electron chi connectivity index (χ0n) is 10.9. The van der Waals surface area contributed by atoms with E-state index in [2.05, 4.69) is 5.32 Å². The lowest BCUT2D eigenvalue weighted by molar-refractivity contribution is 0.0779. The quantitative estimate of drug-likeness (QED) is 0.927. The maximum atomic E-state index is 12.2. The van der Waals surface area contributed by atoms with Crippen LogP contribution in [0.3, 0.4) is 0 Å². The fraction of sp³-hybridized carbons (Fsp3) is 0.615. The summed E-state index contributed by atoms with van der Waals surface area (Å²) in [5.41, 5.74) is 1.09. The van der Waals surface area contributed by atoms with Crippen molar-refractivity contribution >= 4 is 29.7 Å². The van der Waals surface area contributed by atoms with Crippen molar-refractivity contribution in [1.82, 2.24) is 10.2 Å². The molecule has 5 heteroatoms. The minimum absolute atomic E-state index is 0. The zero-order chi connectivity index (χ0) is 12.3. The molecule has 102 valence electrons. The lowest BCUT2D eigenvalue weighted by atomic mass is 10.0. The summed E-state index contributed by atoms with van der Waals surface area (Å²) >= 11 is 1.54. The second kappa shape index (κ2) is 7.12. The molecule has 1 unspecified atom stereocenters. The Balaban J connectivity index is 0.00000162. The number of nitrogens with zero attached hydrogens (tertiary/aromatic N) is 1. The highest BCUT2D eigenvalue weighted by Crippen LogP contribution is 2.18. The highest BCUT2D eigenvalue weighted by Gasteiger charge is 2.20. The van der Waals surface area contributed by atoms with Crippen molar-refractivity contribution in [3.05, 3.63) is 21.9 Å². The van der Waals surface area contributed by atoms with E-state index in [-0.39, 0.29) is 18.3 Å². The molecular formula is C13H21ClN2OS. The SMILES string of the molecule is Cc1ccsc1C(=O)N(C)CC1CCCCN1.Cl. The Morgan fingerprint density at radius 1 is 1.56 bits per heavy atom. The first-order chi connectivity index (χ1) is 8.18. The van der Waals surface area contributed by atoms with Gasteiger partial charge in [0, 0.05) is 19.6 Å². The molecule has 0 spiro atoms. The molecular weight excluding hydrogens is 268 g/mol. The molecule has 0 aromatic carbocycles. The Hall–Kier alpha value is -0.580. The van der Waals surface area contributed by atoms with E-state index in [9.17, 15) is 4.79 Å². The van der Waals surface area contributed by atoms with Gasteiger partial charge in [-0.1, -0.05) is 6.42 Å². The Morgan fingerprint density at radius 2 is 2.33 bits per heavy atom. The van der Waals surface area contributed by atoms with Gasteiger partial charge in [-0.05, 0) is 43.3 Å². The number of amides is 1. The second-order valence-electron chi connectivity index (χ2n) is 4.77. The number of piperidine rings is 1. The topological polar surface area (TPSA) is 32.3 Å². The van der Waals surface area contributed by atoms with Gasteiger partial charge < -0.3 is 10.2 Å². The molecule has 18 heavy (non-hydrogen) atoms. The van der Waals surface area contributed by atoms with E-state index in [1.807, 2.05) is 30.3 Å². The van der Waals surface area contributed by atoms with E-state index in [0.29, 0.717) is 6.04 Å². The summed E-state index contributed by atoms with van der Waals surface area (Å²) in [6.07, 6.45) is 3.72. The van der Waals surface area contributed by atoms with E-state index in [1.165, 1.54) is 30.6 Å². The summed E-state index contributed by atoms with van der Waals surface area (Å²) in [5.74, 6) is 0.157. The van der Waals surface area contributed by atoms with Crippen LogP contribution in [0.2, 0.25) is 0 Å². The van der Waals surface area contributed by atoms with Gasteiger partial charge in [0.1, 0.15) is 0 Å². The summed E-state index contributed by atoms with van der Waals surface area (Å²) in [5, 5.41) is 5.46. The third-order valence-electron chi connectivity index (χ3n) is 3.31. The van der Waals surface area contributed by atoms with Crippen LogP contribution in [0.15, 0.2) is 11.4 Å². The minimum atomic E-state index is 0. The normalized spacial score (nSPS) is 19.1. The third kappa shape index (κ3) is 3.70. The van der Waals surface area contributed by atoms with Crippen LogP contribution < -0.4 is 5.32 Å². The highest BCUT2D eigenvalue weighted by atomic mass is 35.5. The fourth-order valence-corrected chi connectivity index (χ4v) is 3.18. The van der Waals surface area contributed by atoms with Crippen molar-refractivity contribution in [2.75, 3.05) is 20.1 Å². The molecule has 0 radical (unpaired) electrons. The van der Waals surface area contributed by atoms with Crippen molar-refractivity contribution in [3.63, 3.8) is 0 Å². The van der Waals surface area contributed by atoms with Crippen LogP contribution in [0, 0.1) is 6.92 Å². The van der Waals surface area contributed by atoms with E-state index < -0.39 is 0 Å². The smallest absolute Gasteiger partial charge is 0.263 e. The number of hydrogen-bond acceptors (Lipinski definition) is 3. The monoisotopic (exact) mass is 288 g/mol. The summed E-state index contributed by atoms with van der Waals surface area (Å²) < 4.78 is 0. The first-order valence-electron chi connectivity index (χ1n) is 6.21. The van der Waals surface area contributed by atoms with Crippen LogP contribution >= 0.6 is 23.7 Å². The Morgan fingerprint density at radius 3 is 2.89 bits per heavy atom. The van der Waals surface area contributed by atoms with E-state index in [4.69, 9.17) is 0 Å². The molecule has 1 aliphatic rings. The Kier molecular flexibility index (Phi) is 6.12. The van der Waals surface area contributed by atoms with Crippen LogP contribution in [0.4, 0.5) is 0 Å². The molecule has 1 aromatic rings. The molecule has 0 aliphatic carbocycles. The van der Waals surface area contributed by atoms with E-state index in [0.717, 1.165) is 23.5 Å². The molecule has 1 N–H and O–H groups in total. The molecule has 1 aliphatic heterocycles. The van der Waals surface area contributed by atoms with Gasteiger partial charge in [-0.2, -0.15) is 0 Å². The first-order valence-corrected chi connectivity index (χ1v) is 7.09. The van der Waals surface area contributed by atoms with Crippen LogP contribution in [0.25, 0.3) is 0 Å². The first kappa shape index (κ1) is 15.5.